The minimum atomic E-state index is -4.04. The smallest absolute Gasteiger partial charge is 0.246 e. The van der Waals surface area contributed by atoms with E-state index in [0.29, 0.717) is 11.4 Å². The van der Waals surface area contributed by atoms with Gasteiger partial charge in [-0.15, -0.1) is 0 Å². The van der Waals surface area contributed by atoms with Gasteiger partial charge in [-0.2, -0.15) is 9.82 Å². The van der Waals surface area contributed by atoms with Crippen LogP contribution in [0, 0.1) is 12.7 Å². The predicted octanol–water partition coefficient (Wildman–Crippen LogP) is 2.32. The highest BCUT2D eigenvalue weighted by molar-refractivity contribution is 7.89. The summed E-state index contributed by atoms with van der Waals surface area (Å²) in [5, 5.41) is 4.03. The highest BCUT2D eigenvalue weighted by Crippen LogP contribution is 2.28. The van der Waals surface area contributed by atoms with Crippen LogP contribution in [-0.4, -0.2) is 27.7 Å². The van der Waals surface area contributed by atoms with Gasteiger partial charge in [0.1, 0.15) is 27.7 Å². The van der Waals surface area contributed by atoms with Crippen LogP contribution >= 0.6 is 11.6 Å². The van der Waals surface area contributed by atoms with E-state index >= 15 is 0 Å². The second-order valence-corrected chi connectivity index (χ2v) is 7.84. The molecule has 1 aromatic carbocycles. The van der Waals surface area contributed by atoms with Gasteiger partial charge in [-0.25, -0.2) is 17.8 Å². The van der Waals surface area contributed by atoms with Crippen LogP contribution in [0.15, 0.2) is 41.6 Å². The van der Waals surface area contributed by atoms with Crippen molar-refractivity contribution in [3.63, 3.8) is 0 Å². The Bertz CT molecular complexity index is 1060. The Morgan fingerprint density at radius 1 is 1.31 bits per heavy atom. The molecule has 2 heterocycles. The third-order valence-corrected chi connectivity index (χ3v) is 6.06. The zero-order chi connectivity index (χ0) is 19.1. The monoisotopic (exact) mass is 397 g/mol. The molecule has 7 nitrogen and oxygen atoms in total. The Morgan fingerprint density at radius 2 is 2.04 bits per heavy atom. The topological polar surface area (TPSA) is 81.8 Å². The predicted molar refractivity (Wildman–Crippen MR) is 94.7 cm³/mol. The minimum absolute atomic E-state index is 0.00664. The lowest BCUT2D eigenvalue weighted by Crippen LogP contribution is -2.31. The Morgan fingerprint density at radius 3 is 2.58 bits per heavy atom. The number of hydrogen-bond donors (Lipinski definition) is 1. The number of aryl methyl sites for hydroxylation is 3. The molecule has 0 aliphatic heterocycles. The van der Waals surface area contributed by atoms with Crippen LogP contribution in [0.3, 0.4) is 0 Å². The van der Waals surface area contributed by atoms with E-state index < -0.39 is 21.9 Å². The van der Waals surface area contributed by atoms with Crippen molar-refractivity contribution in [2.24, 2.45) is 14.1 Å². The lowest BCUT2D eigenvalue weighted by atomic mass is 10.1. The number of sulfonamides is 1. The lowest BCUT2D eigenvalue weighted by Gasteiger charge is -2.19. The van der Waals surface area contributed by atoms with Gasteiger partial charge in [0.15, 0.2) is 0 Å². The van der Waals surface area contributed by atoms with Crippen molar-refractivity contribution in [2.75, 3.05) is 0 Å². The largest absolute Gasteiger partial charge is 0.336 e. The summed E-state index contributed by atoms with van der Waals surface area (Å²) in [6, 6.07) is 4.79. The summed E-state index contributed by atoms with van der Waals surface area (Å²) in [6.45, 7) is 1.55. The number of nitrogens with zero attached hydrogens (tertiary/aromatic N) is 4. The van der Waals surface area contributed by atoms with E-state index in [1.165, 1.54) is 29.1 Å². The van der Waals surface area contributed by atoms with Gasteiger partial charge in [0, 0.05) is 26.5 Å². The average molecular weight is 398 g/mol. The van der Waals surface area contributed by atoms with Crippen LogP contribution in [0.1, 0.15) is 23.1 Å². The van der Waals surface area contributed by atoms with Crippen molar-refractivity contribution in [3.8, 4) is 0 Å². The molecule has 1 N–H and O–H groups in total. The molecular weight excluding hydrogens is 381 g/mol. The highest BCUT2D eigenvalue weighted by Gasteiger charge is 2.30. The maximum atomic E-state index is 13.7. The molecule has 0 fully saturated rings. The third-order valence-electron chi connectivity index (χ3n) is 3.94. The molecule has 138 valence electrons. The van der Waals surface area contributed by atoms with Gasteiger partial charge in [-0.3, -0.25) is 4.68 Å². The zero-order valence-electron chi connectivity index (χ0n) is 14.3. The SMILES string of the molecule is Cc1nn(C)c(Cl)c1S(=O)(=O)NC(c1cccc(F)c1)c1nccn1C. The summed E-state index contributed by atoms with van der Waals surface area (Å²) >= 11 is 6.11. The van der Waals surface area contributed by atoms with Crippen molar-refractivity contribution >= 4 is 21.6 Å². The molecule has 0 saturated carbocycles. The number of aromatic nitrogens is 4. The highest BCUT2D eigenvalue weighted by atomic mass is 35.5. The molecule has 0 radical (unpaired) electrons. The first-order valence-electron chi connectivity index (χ1n) is 7.65. The third kappa shape index (κ3) is 3.37. The minimum Gasteiger partial charge on any atom is -0.336 e. The van der Waals surface area contributed by atoms with E-state index in [4.69, 9.17) is 11.6 Å². The Kier molecular flexibility index (Phi) is 4.87. The first-order chi connectivity index (χ1) is 12.2. The molecule has 1 atom stereocenters. The van der Waals surface area contributed by atoms with E-state index in [9.17, 15) is 12.8 Å². The zero-order valence-corrected chi connectivity index (χ0v) is 15.9. The van der Waals surface area contributed by atoms with E-state index in [-0.39, 0.29) is 15.7 Å². The maximum Gasteiger partial charge on any atom is 0.246 e. The quantitative estimate of drug-likeness (QED) is 0.716. The number of halogens is 2. The fourth-order valence-electron chi connectivity index (χ4n) is 2.74. The molecular formula is C16H17ClFN5O2S. The van der Waals surface area contributed by atoms with Gasteiger partial charge < -0.3 is 4.57 Å². The van der Waals surface area contributed by atoms with E-state index in [2.05, 4.69) is 14.8 Å². The summed E-state index contributed by atoms with van der Waals surface area (Å²) in [5.74, 6) is -0.0617. The molecule has 0 amide bonds. The molecule has 1 unspecified atom stereocenters. The summed E-state index contributed by atoms with van der Waals surface area (Å²) in [6.07, 6.45) is 3.22. The fraction of sp³-hybridized carbons (Fsp3) is 0.250. The van der Waals surface area contributed by atoms with E-state index in [1.807, 2.05) is 0 Å². The van der Waals surface area contributed by atoms with Crippen LogP contribution in [0.25, 0.3) is 0 Å². The molecule has 26 heavy (non-hydrogen) atoms. The molecule has 0 bridgehead atoms. The molecule has 3 rings (SSSR count). The molecule has 10 heteroatoms. The van der Waals surface area contributed by atoms with Crippen molar-refractivity contribution in [2.45, 2.75) is 17.9 Å². The molecule has 2 aromatic heterocycles. The van der Waals surface area contributed by atoms with Crippen LogP contribution in [0.4, 0.5) is 4.39 Å². The number of imidazole rings is 1. The number of nitrogens with one attached hydrogen (secondary N) is 1. The Balaban J connectivity index is 2.10. The molecule has 0 aliphatic rings. The molecule has 0 aliphatic carbocycles. The van der Waals surface area contributed by atoms with Crippen LogP contribution in [0.2, 0.25) is 5.15 Å². The Hall–Kier alpha value is -2.23. The average Bonchev–Trinajstić information content (AvgIpc) is 3.08. The maximum absolute atomic E-state index is 13.7. The number of benzene rings is 1. The molecule has 0 saturated heterocycles. The van der Waals surface area contributed by atoms with Crippen LogP contribution in [0.5, 0.6) is 0 Å². The first-order valence-corrected chi connectivity index (χ1v) is 9.51. The Labute approximate surface area is 155 Å². The number of rotatable bonds is 5. The van der Waals surface area contributed by atoms with E-state index in [0.717, 1.165) is 0 Å². The molecule has 3 aromatic rings. The van der Waals surface area contributed by atoms with Crippen molar-refractivity contribution in [1.29, 1.82) is 0 Å². The summed E-state index contributed by atoms with van der Waals surface area (Å²) in [4.78, 5) is 4.10. The van der Waals surface area contributed by atoms with Gasteiger partial charge in [-0.05, 0) is 24.6 Å². The second kappa shape index (κ2) is 6.82. The van der Waals surface area contributed by atoms with E-state index in [1.54, 1.807) is 37.8 Å². The molecule has 0 spiro atoms. The van der Waals surface area contributed by atoms with Gasteiger partial charge in [0.2, 0.25) is 10.0 Å². The normalized spacial score (nSPS) is 13.1. The fourth-order valence-corrected chi connectivity index (χ4v) is 4.67. The van der Waals surface area contributed by atoms with Gasteiger partial charge in [0.05, 0.1) is 5.69 Å². The first kappa shape index (κ1) is 18.6. The van der Waals surface area contributed by atoms with Crippen molar-refractivity contribution < 1.29 is 12.8 Å². The van der Waals surface area contributed by atoms with Gasteiger partial charge in [0.25, 0.3) is 0 Å². The lowest BCUT2D eigenvalue weighted by molar-refractivity contribution is 0.559. The van der Waals surface area contributed by atoms with Gasteiger partial charge >= 0.3 is 0 Å². The standard InChI is InChI=1S/C16H17ClFN5O2S/c1-10-14(15(17)23(3)20-10)26(24,25)21-13(16-19-7-8-22(16)2)11-5-4-6-12(18)9-11/h4-9,13,21H,1-3H3. The number of hydrogen-bond acceptors (Lipinski definition) is 4. The summed E-state index contributed by atoms with van der Waals surface area (Å²) in [7, 11) is -0.765. The summed E-state index contributed by atoms with van der Waals surface area (Å²) < 4.78 is 45.2. The van der Waals surface area contributed by atoms with Crippen molar-refractivity contribution in [1.82, 2.24) is 24.1 Å². The van der Waals surface area contributed by atoms with Crippen LogP contribution < -0.4 is 4.72 Å². The van der Waals surface area contributed by atoms with Crippen molar-refractivity contribution in [3.05, 3.63) is 64.7 Å². The second-order valence-electron chi connectivity index (χ2n) is 5.83. The van der Waals surface area contributed by atoms with Gasteiger partial charge in [-0.1, -0.05) is 23.7 Å². The summed E-state index contributed by atoms with van der Waals surface area (Å²) in [5.41, 5.74) is 0.684. The van der Waals surface area contributed by atoms with Crippen LogP contribution in [-0.2, 0) is 24.1 Å².